The number of nitrogens with zero attached hydrogens (tertiary/aromatic N) is 3. The zero-order valence-electron chi connectivity index (χ0n) is 8.50. The summed E-state index contributed by atoms with van der Waals surface area (Å²) in [6, 6.07) is 1.74. The maximum absolute atomic E-state index is 11.2. The molecule has 1 aliphatic rings. The van der Waals surface area contributed by atoms with E-state index in [0.717, 1.165) is 5.65 Å². The number of carbonyl (C=O) groups excluding carboxylic acids is 1. The number of fused-ring (bicyclic) bond motifs is 1. The monoisotopic (exact) mass is 214 g/mol. The first-order valence-corrected chi connectivity index (χ1v) is 5.04. The van der Waals surface area contributed by atoms with Crippen LogP contribution >= 0.6 is 0 Å². The van der Waals surface area contributed by atoms with Gasteiger partial charge in [0.1, 0.15) is 5.52 Å². The highest BCUT2D eigenvalue weighted by Crippen LogP contribution is 2.25. The van der Waals surface area contributed by atoms with Crippen LogP contribution in [0.25, 0.3) is 11.2 Å². The van der Waals surface area contributed by atoms with Gasteiger partial charge in [0.05, 0.1) is 18.1 Å². The second-order valence-corrected chi connectivity index (χ2v) is 3.82. The SMILES string of the molecule is Nc1ccnc2c1ncn2C1C=CC(=O)C1. The summed E-state index contributed by atoms with van der Waals surface area (Å²) in [6.07, 6.45) is 7.27. The van der Waals surface area contributed by atoms with E-state index in [4.69, 9.17) is 5.73 Å². The van der Waals surface area contributed by atoms with Gasteiger partial charge in [-0.05, 0) is 12.1 Å². The van der Waals surface area contributed by atoms with Gasteiger partial charge in [-0.15, -0.1) is 0 Å². The van der Waals surface area contributed by atoms with Crippen molar-refractivity contribution in [3.63, 3.8) is 0 Å². The number of aromatic nitrogens is 3. The maximum Gasteiger partial charge on any atom is 0.162 e. The summed E-state index contributed by atoms with van der Waals surface area (Å²) in [5, 5.41) is 0. The number of imidazole rings is 1. The fourth-order valence-electron chi connectivity index (χ4n) is 1.95. The molecule has 2 N–H and O–H groups in total. The minimum Gasteiger partial charge on any atom is -0.397 e. The Morgan fingerprint density at radius 3 is 3.06 bits per heavy atom. The second-order valence-electron chi connectivity index (χ2n) is 3.82. The minimum absolute atomic E-state index is 0.0202. The van der Waals surface area contributed by atoms with Crippen LogP contribution in [0.3, 0.4) is 0 Å². The van der Waals surface area contributed by atoms with Gasteiger partial charge in [-0.3, -0.25) is 4.79 Å². The van der Waals surface area contributed by atoms with Crippen LogP contribution in [0.15, 0.2) is 30.7 Å². The summed E-state index contributed by atoms with van der Waals surface area (Å²) in [5.74, 6) is 0.135. The third-order valence-electron chi connectivity index (χ3n) is 2.76. The Kier molecular flexibility index (Phi) is 1.80. The molecule has 16 heavy (non-hydrogen) atoms. The zero-order chi connectivity index (χ0) is 11.1. The average Bonchev–Trinajstić information content (AvgIpc) is 2.84. The lowest BCUT2D eigenvalue weighted by atomic mass is 10.2. The van der Waals surface area contributed by atoms with Crippen molar-refractivity contribution in [3.05, 3.63) is 30.7 Å². The van der Waals surface area contributed by atoms with Crippen molar-refractivity contribution in [3.8, 4) is 0 Å². The quantitative estimate of drug-likeness (QED) is 0.770. The van der Waals surface area contributed by atoms with Crippen molar-refractivity contribution < 1.29 is 4.79 Å². The molecule has 1 atom stereocenters. The Hall–Kier alpha value is -2.17. The average molecular weight is 214 g/mol. The van der Waals surface area contributed by atoms with Gasteiger partial charge in [0.2, 0.25) is 0 Å². The van der Waals surface area contributed by atoms with Crippen molar-refractivity contribution in [1.82, 2.24) is 14.5 Å². The molecule has 80 valence electrons. The van der Waals surface area contributed by atoms with Gasteiger partial charge in [0.25, 0.3) is 0 Å². The molecule has 0 saturated heterocycles. The van der Waals surface area contributed by atoms with Gasteiger partial charge >= 0.3 is 0 Å². The van der Waals surface area contributed by atoms with Crippen molar-refractivity contribution in [2.75, 3.05) is 5.73 Å². The number of carbonyl (C=O) groups is 1. The number of nitrogen functional groups attached to an aromatic ring is 1. The molecule has 1 aliphatic carbocycles. The zero-order valence-corrected chi connectivity index (χ0v) is 8.50. The third-order valence-corrected chi connectivity index (χ3v) is 2.76. The normalized spacial score (nSPS) is 19.8. The van der Waals surface area contributed by atoms with Gasteiger partial charge in [-0.2, -0.15) is 0 Å². The first-order valence-electron chi connectivity index (χ1n) is 5.04. The molecule has 2 aromatic rings. The van der Waals surface area contributed by atoms with Crippen LogP contribution in [-0.4, -0.2) is 20.3 Å². The van der Waals surface area contributed by atoms with Crippen molar-refractivity contribution >= 4 is 22.6 Å². The lowest BCUT2D eigenvalue weighted by molar-refractivity contribution is -0.114. The molecule has 5 heteroatoms. The number of ketones is 1. The smallest absolute Gasteiger partial charge is 0.162 e. The van der Waals surface area contributed by atoms with E-state index >= 15 is 0 Å². The summed E-state index contributed by atoms with van der Waals surface area (Å²) < 4.78 is 1.88. The predicted octanol–water partition coefficient (Wildman–Crippen LogP) is 1.08. The molecule has 0 spiro atoms. The van der Waals surface area contributed by atoms with Crippen LogP contribution in [0.2, 0.25) is 0 Å². The standard InChI is InChI=1S/C11H10N4O/c12-9-3-4-13-11-10(9)14-6-15(11)7-1-2-8(16)5-7/h1-4,6-7H,5H2,(H2,12,13). The number of pyridine rings is 1. The first kappa shape index (κ1) is 9.08. The van der Waals surface area contributed by atoms with Gasteiger partial charge < -0.3 is 10.3 Å². The summed E-state index contributed by atoms with van der Waals surface area (Å²) in [6.45, 7) is 0. The van der Waals surface area contributed by atoms with E-state index in [2.05, 4.69) is 9.97 Å². The van der Waals surface area contributed by atoms with Crippen LogP contribution in [-0.2, 0) is 4.79 Å². The van der Waals surface area contributed by atoms with E-state index in [1.165, 1.54) is 0 Å². The number of nitrogens with two attached hydrogens (primary N) is 1. The van der Waals surface area contributed by atoms with Crippen molar-refractivity contribution in [2.45, 2.75) is 12.5 Å². The van der Waals surface area contributed by atoms with E-state index in [-0.39, 0.29) is 11.8 Å². The number of rotatable bonds is 1. The molecule has 5 nitrogen and oxygen atoms in total. The van der Waals surface area contributed by atoms with E-state index in [9.17, 15) is 4.79 Å². The van der Waals surface area contributed by atoms with Crippen LogP contribution in [0.5, 0.6) is 0 Å². The van der Waals surface area contributed by atoms with E-state index in [1.54, 1.807) is 24.7 Å². The molecule has 0 radical (unpaired) electrons. The topological polar surface area (TPSA) is 73.8 Å². The Balaban J connectivity index is 2.15. The summed E-state index contributed by atoms with van der Waals surface area (Å²) in [5.41, 5.74) is 7.82. The van der Waals surface area contributed by atoms with Crippen molar-refractivity contribution in [1.29, 1.82) is 0 Å². The van der Waals surface area contributed by atoms with Gasteiger partial charge in [0.15, 0.2) is 11.4 Å². The molecule has 0 bridgehead atoms. The van der Waals surface area contributed by atoms with Crippen LogP contribution < -0.4 is 5.73 Å². The van der Waals surface area contributed by atoms with Crippen LogP contribution in [0.4, 0.5) is 5.69 Å². The molecular weight excluding hydrogens is 204 g/mol. The fourth-order valence-corrected chi connectivity index (χ4v) is 1.95. The molecule has 2 heterocycles. The Bertz CT molecular complexity index is 599. The molecule has 0 aliphatic heterocycles. The highest BCUT2D eigenvalue weighted by Gasteiger charge is 2.20. The molecule has 1 unspecified atom stereocenters. The number of anilines is 1. The predicted molar refractivity (Wildman–Crippen MR) is 59.7 cm³/mol. The number of hydrogen-bond acceptors (Lipinski definition) is 4. The molecule has 0 saturated carbocycles. The summed E-state index contributed by atoms with van der Waals surface area (Å²) in [7, 11) is 0. The van der Waals surface area contributed by atoms with Crippen LogP contribution in [0.1, 0.15) is 12.5 Å². The lowest BCUT2D eigenvalue weighted by Crippen LogP contribution is -2.05. The third kappa shape index (κ3) is 1.21. The maximum atomic E-state index is 11.2. The van der Waals surface area contributed by atoms with Gasteiger partial charge in [0, 0.05) is 12.6 Å². The van der Waals surface area contributed by atoms with Gasteiger partial charge in [-0.25, -0.2) is 9.97 Å². The summed E-state index contributed by atoms with van der Waals surface area (Å²) >= 11 is 0. The molecule has 0 aromatic carbocycles. The fraction of sp³-hybridized carbons (Fsp3) is 0.182. The van der Waals surface area contributed by atoms with E-state index in [0.29, 0.717) is 17.6 Å². The van der Waals surface area contributed by atoms with Gasteiger partial charge in [-0.1, -0.05) is 6.08 Å². The second kappa shape index (κ2) is 3.16. The largest absolute Gasteiger partial charge is 0.397 e. The number of allylic oxidation sites excluding steroid dienone is 2. The molecule has 0 fully saturated rings. The summed E-state index contributed by atoms with van der Waals surface area (Å²) in [4.78, 5) is 19.7. The molecular formula is C11H10N4O. The Labute approximate surface area is 91.6 Å². The Morgan fingerprint density at radius 2 is 2.31 bits per heavy atom. The van der Waals surface area contributed by atoms with E-state index < -0.39 is 0 Å². The van der Waals surface area contributed by atoms with Crippen LogP contribution in [0, 0.1) is 0 Å². The lowest BCUT2D eigenvalue weighted by Gasteiger charge is -2.08. The molecule has 2 aromatic heterocycles. The molecule has 0 amide bonds. The number of hydrogen-bond donors (Lipinski definition) is 1. The van der Waals surface area contributed by atoms with Crippen molar-refractivity contribution in [2.24, 2.45) is 0 Å². The molecule has 3 rings (SSSR count). The highest BCUT2D eigenvalue weighted by molar-refractivity contribution is 5.93. The highest BCUT2D eigenvalue weighted by atomic mass is 16.1. The minimum atomic E-state index is 0.0202. The van der Waals surface area contributed by atoms with E-state index in [1.807, 2.05) is 10.6 Å². The first-order chi connectivity index (χ1) is 7.75. The Morgan fingerprint density at radius 1 is 1.44 bits per heavy atom.